The first-order valence-electron chi connectivity index (χ1n) is 14.9. The number of nitrogens with zero attached hydrogens (tertiary/aromatic N) is 2. The fourth-order valence-corrected chi connectivity index (χ4v) is 7.17. The van der Waals surface area contributed by atoms with E-state index in [1.54, 1.807) is 0 Å². The Balaban J connectivity index is 1.37. The van der Waals surface area contributed by atoms with E-state index in [4.69, 9.17) is 14.7 Å². The molecule has 2 aliphatic rings. The average molecular weight is 563 g/mol. The van der Waals surface area contributed by atoms with E-state index in [1.165, 1.54) is 22.3 Å². The van der Waals surface area contributed by atoms with Crippen LogP contribution in [0.15, 0.2) is 158 Å². The largest absolute Gasteiger partial charge is 0.457 e. The number of fused-ring (bicyclic) bond motifs is 9. The zero-order chi connectivity index (χ0) is 29.1. The predicted molar refractivity (Wildman–Crippen MR) is 176 cm³/mol. The Morgan fingerprint density at radius 3 is 1.64 bits per heavy atom. The van der Waals surface area contributed by atoms with Gasteiger partial charge in [0.2, 0.25) is 0 Å². The van der Waals surface area contributed by atoms with Gasteiger partial charge < -0.3 is 4.74 Å². The van der Waals surface area contributed by atoms with Crippen LogP contribution in [-0.2, 0) is 5.41 Å². The molecule has 9 rings (SSSR count). The number of ether oxygens (including phenoxy) is 1. The van der Waals surface area contributed by atoms with Crippen molar-refractivity contribution in [2.75, 3.05) is 0 Å². The van der Waals surface area contributed by atoms with E-state index in [0.29, 0.717) is 5.82 Å². The molecule has 1 aliphatic carbocycles. The molecule has 0 unspecified atom stereocenters. The quantitative estimate of drug-likeness (QED) is 0.215. The summed E-state index contributed by atoms with van der Waals surface area (Å²) in [4.78, 5) is 10.3. The normalized spacial score (nSPS) is 13.4. The lowest BCUT2D eigenvalue weighted by Crippen LogP contribution is -2.32. The molecule has 0 atom stereocenters. The number of hydrogen-bond acceptors (Lipinski definition) is 3. The summed E-state index contributed by atoms with van der Waals surface area (Å²) in [7, 11) is 0. The molecule has 0 fully saturated rings. The van der Waals surface area contributed by atoms with Gasteiger partial charge in [0.1, 0.15) is 11.5 Å². The van der Waals surface area contributed by atoms with Crippen molar-refractivity contribution in [1.82, 2.24) is 9.97 Å². The zero-order valence-corrected chi connectivity index (χ0v) is 23.8. The van der Waals surface area contributed by atoms with Crippen LogP contribution < -0.4 is 4.74 Å². The molecule has 2 heterocycles. The highest BCUT2D eigenvalue weighted by Crippen LogP contribution is 2.63. The molecular weight excluding hydrogens is 536 g/mol. The third kappa shape index (κ3) is 3.50. The van der Waals surface area contributed by atoms with Crippen molar-refractivity contribution >= 4 is 0 Å². The van der Waals surface area contributed by atoms with Crippen molar-refractivity contribution in [1.29, 1.82) is 0 Å². The summed E-state index contributed by atoms with van der Waals surface area (Å²) in [5, 5.41) is 0. The van der Waals surface area contributed by atoms with Crippen molar-refractivity contribution in [3.63, 3.8) is 0 Å². The van der Waals surface area contributed by atoms with Crippen LogP contribution in [0.3, 0.4) is 0 Å². The zero-order valence-electron chi connectivity index (χ0n) is 23.8. The molecule has 0 saturated carbocycles. The highest BCUT2D eigenvalue weighted by molar-refractivity contribution is 5.96. The Bertz CT molecular complexity index is 2100. The highest BCUT2D eigenvalue weighted by atomic mass is 16.5. The molecule has 3 nitrogen and oxygen atoms in total. The van der Waals surface area contributed by atoms with Gasteiger partial charge in [-0.2, -0.15) is 0 Å². The molecule has 1 aliphatic heterocycles. The van der Waals surface area contributed by atoms with E-state index in [9.17, 15) is 0 Å². The van der Waals surface area contributed by atoms with E-state index in [0.717, 1.165) is 50.7 Å². The van der Waals surface area contributed by atoms with Gasteiger partial charge in [-0.3, -0.25) is 0 Å². The van der Waals surface area contributed by atoms with Crippen LogP contribution in [0.2, 0.25) is 0 Å². The predicted octanol–water partition coefficient (Wildman–Crippen LogP) is 9.95. The molecular formula is C41H26N2O. The van der Waals surface area contributed by atoms with Crippen LogP contribution in [0, 0.1) is 0 Å². The van der Waals surface area contributed by atoms with Crippen molar-refractivity contribution in [3.8, 4) is 56.5 Å². The van der Waals surface area contributed by atoms with Gasteiger partial charge in [-0.1, -0.05) is 140 Å². The molecule has 0 amide bonds. The van der Waals surface area contributed by atoms with Crippen molar-refractivity contribution in [2.45, 2.75) is 5.41 Å². The second-order valence-electron chi connectivity index (χ2n) is 11.3. The summed E-state index contributed by atoms with van der Waals surface area (Å²) in [6, 6.07) is 55.2. The minimum Gasteiger partial charge on any atom is -0.457 e. The summed E-state index contributed by atoms with van der Waals surface area (Å²) in [5.74, 6) is 2.49. The van der Waals surface area contributed by atoms with Crippen LogP contribution in [0.1, 0.15) is 22.3 Å². The number of benzene rings is 6. The fourth-order valence-electron chi connectivity index (χ4n) is 7.17. The van der Waals surface area contributed by atoms with E-state index >= 15 is 0 Å². The van der Waals surface area contributed by atoms with Gasteiger partial charge in [0.25, 0.3) is 0 Å². The maximum atomic E-state index is 6.52. The lowest BCUT2D eigenvalue weighted by atomic mass is 9.66. The third-order valence-electron chi connectivity index (χ3n) is 8.97. The first-order chi connectivity index (χ1) is 21.8. The summed E-state index contributed by atoms with van der Waals surface area (Å²) in [6.45, 7) is 0. The van der Waals surface area contributed by atoms with E-state index in [2.05, 4.69) is 133 Å². The summed E-state index contributed by atoms with van der Waals surface area (Å²) in [6.07, 6.45) is 0. The third-order valence-corrected chi connectivity index (χ3v) is 8.97. The van der Waals surface area contributed by atoms with Crippen molar-refractivity contribution < 1.29 is 4.74 Å². The van der Waals surface area contributed by atoms with Crippen molar-refractivity contribution in [2.24, 2.45) is 0 Å². The Kier molecular flexibility index (Phi) is 5.41. The Morgan fingerprint density at radius 2 is 0.932 bits per heavy atom. The molecule has 0 saturated heterocycles. The summed E-state index contributed by atoms with van der Waals surface area (Å²) < 4.78 is 6.52. The summed E-state index contributed by atoms with van der Waals surface area (Å²) >= 11 is 0. The number of aromatic nitrogens is 2. The minimum absolute atomic E-state index is 0.523. The number of para-hydroxylation sites is 2. The smallest absolute Gasteiger partial charge is 0.160 e. The maximum Gasteiger partial charge on any atom is 0.160 e. The van der Waals surface area contributed by atoms with Gasteiger partial charge in [0.15, 0.2) is 5.82 Å². The minimum atomic E-state index is -0.523. The van der Waals surface area contributed by atoms with E-state index in [-0.39, 0.29) is 0 Å². The van der Waals surface area contributed by atoms with Crippen molar-refractivity contribution in [3.05, 3.63) is 180 Å². The SMILES string of the molecule is c1ccc(-c2cc(-c3cccc4c3-c3ccccc3C43c4ccccc4Oc4ccccc43)nc(-c3ccccc3)n2)cc1. The van der Waals surface area contributed by atoms with Crippen LogP contribution in [0.5, 0.6) is 11.5 Å². The molecule has 0 bridgehead atoms. The standard InChI is InChI=1S/C41H26N2O/c1-3-14-27(15-4-1)35-26-36(43-40(42-35)28-16-5-2-6-17-28)30-19-13-23-34-39(30)29-18-7-8-20-31(29)41(34)32-21-9-11-24-37(32)44-38-25-12-10-22-33(38)41/h1-26H. The first kappa shape index (κ1) is 24.8. The molecule has 0 radical (unpaired) electrons. The maximum absolute atomic E-state index is 6.52. The Hall–Kier alpha value is -5.80. The second kappa shape index (κ2) is 9.62. The van der Waals surface area contributed by atoms with Crippen LogP contribution >= 0.6 is 0 Å². The highest BCUT2D eigenvalue weighted by Gasteiger charge is 2.51. The van der Waals surface area contributed by atoms with E-state index < -0.39 is 5.41 Å². The lowest BCUT2D eigenvalue weighted by Gasteiger charge is -2.39. The molecule has 3 heteroatoms. The molecule has 1 spiro atoms. The van der Waals surface area contributed by atoms with Gasteiger partial charge >= 0.3 is 0 Å². The van der Waals surface area contributed by atoms with Crippen LogP contribution in [0.4, 0.5) is 0 Å². The van der Waals surface area contributed by atoms with E-state index in [1.807, 2.05) is 24.3 Å². The molecule has 6 aromatic carbocycles. The van der Waals surface area contributed by atoms with Gasteiger partial charge in [-0.05, 0) is 40.5 Å². The van der Waals surface area contributed by atoms with Gasteiger partial charge in [-0.25, -0.2) is 9.97 Å². The van der Waals surface area contributed by atoms with Gasteiger partial charge in [-0.15, -0.1) is 0 Å². The first-order valence-corrected chi connectivity index (χ1v) is 14.9. The lowest BCUT2D eigenvalue weighted by molar-refractivity contribution is 0.436. The fraction of sp³-hybridized carbons (Fsp3) is 0.0244. The molecule has 1 aromatic heterocycles. The molecule has 44 heavy (non-hydrogen) atoms. The van der Waals surface area contributed by atoms with Gasteiger partial charge in [0, 0.05) is 27.8 Å². The molecule has 0 N–H and O–H groups in total. The number of hydrogen-bond donors (Lipinski definition) is 0. The van der Waals surface area contributed by atoms with Crippen LogP contribution in [-0.4, -0.2) is 9.97 Å². The average Bonchev–Trinajstić information content (AvgIpc) is 3.40. The Morgan fingerprint density at radius 1 is 0.409 bits per heavy atom. The monoisotopic (exact) mass is 562 g/mol. The molecule has 206 valence electrons. The summed E-state index contributed by atoms with van der Waals surface area (Å²) in [5.41, 5.74) is 11.6. The Labute approximate surface area is 256 Å². The topological polar surface area (TPSA) is 35.0 Å². The number of rotatable bonds is 3. The van der Waals surface area contributed by atoms with Gasteiger partial charge in [0.05, 0.1) is 16.8 Å². The van der Waals surface area contributed by atoms with Crippen LogP contribution in [0.25, 0.3) is 45.0 Å². The molecule has 7 aromatic rings. The second-order valence-corrected chi connectivity index (χ2v) is 11.3.